The first-order valence-electron chi connectivity index (χ1n) is 6.60. The number of unbranched alkanes of at least 4 members (excludes halogenated alkanes) is 3. The Bertz CT molecular complexity index is 240. The fourth-order valence-corrected chi connectivity index (χ4v) is 2.35. The van der Waals surface area contributed by atoms with E-state index >= 15 is 0 Å². The van der Waals surface area contributed by atoms with Crippen LogP contribution in [0.1, 0.15) is 25.7 Å². The van der Waals surface area contributed by atoms with E-state index < -0.39 is 37.3 Å². The van der Waals surface area contributed by atoms with Gasteiger partial charge in [-0.3, -0.25) is 0 Å². The van der Waals surface area contributed by atoms with Gasteiger partial charge in [0, 0.05) is 11.9 Å². The summed E-state index contributed by atoms with van der Waals surface area (Å²) >= 11 is 3.36. The average molecular weight is 343 g/mol. The Morgan fingerprint density at radius 3 is 2.26 bits per heavy atom. The molecule has 1 aliphatic heterocycles. The molecule has 0 radical (unpaired) electrons. The topological polar surface area (TPSA) is 99.4 Å². The summed E-state index contributed by atoms with van der Waals surface area (Å²) in [6.45, 7) is -0.0268. The van der Waals surface area contributed by atoms with Gasteiger partial charge < -0.3 is 29.9 Å². The number of aliphatic hydroxyl groups excluding tert-OH is 4. The zero-order chi connectivity index (χ0) is 14.3. The molecule has 1 saturated heterocycles. The van der Waals surface area contributed by atoms with Crippen LogP contribution in [0.25, 0.3) is 0 Å². The summed E-state index contributed by atoms with van der Waals surface area (Å²) in [6, 6.07) is 0. The van der Waals surface area contributed by atoms with Crippen molar-refractivity contribution in [2.45, 2.75) is 56.4 Å². The molecule has 1 aliphatic rings. The lowest BCUT2D eigenvalue weighted by Crippen LogP contribution is -2.59. The van der Waals surface area contributed by atoms with Crippen molar-refractivity contribution in [3.63, 3.8) is 0 Å². The minimum absolute atomic E-state index is 0.408. The van der Waals surface area contributed by atoms with Crippen molar-refractivity contribution >= 4 is 15.9 Å². The van der Waals surface area contributed by atoms with Gasteiger partial charge in [-0.2, -0.15) is 0 Å². The molecule has 0 aromatic carbocycles. The average Bonchev–Trinajstić information content (AvgIpc) is 2.42. The van der Waals surface area contributed by atoms with Gasteiger partial charge in [-0.1, -0.05) is 28.8 Å². The molecule has 0 spiro atoms. The van der Waals surface area contributed by atoms with Crippen LogP contribution in [0.5, 0.6) is 0 Å². The molecule has 0 saturated carbocycles. The van der Waals surface area contributed by atoms with Gasteiger partial charge in [-0.05, 0) is 12.8 Å². The maximum absolute atomic E-state index is 9.71. The summed E-state index contributed by atoms with van der Waals surface area (Å²) in [5.74, 6) is 0. The predicted molar refractivity (Wildman–Crippen MR) is 72.0 cm³/mol. The Kier molecular flexibility index (Phi) is 8.40. The molecule has 0 aromatic heterocycles. The van der Waals surface area contributed by atoms with Crippen LogP contribution in [0.15, 0.2) is 0 Å². The van der Waals surface area contributed by atoms with Gasteiger partial charge in [-0.15, -0.1) is 0 Å². The van der Waals surface area contributed by atoms with Crippen LogP contribution >= 0.6 is 15.9 Å². The molecule has 0 aliphatic carbocycles. The lowest BCUT2D eigenvalue weighted by atomic mass is 9.99. The first kappa shape index (κ1) is 17.3. The van der Waals surface area contributed by atoms with E-state index in [-0.39, 0.29) is 0 Å². The van der Waals surface area contributed by atoms with Crippen molar-refractivity contribution in [3.8, 4) is 0 Å². The summed E-state index contributed by atoms with van der Waals surface area (Å²) in [7, 11) is 0. The van der Waals surface area contributed by atoms with Gasteiger partial charge >= 0.3 is 0 Å². The minimum Gasteiger partial charge on any atom is -0.394 e. The molecule has 1 fully saturated rings. The molecule has 0 bridgehead atoms. The largest absolute Gasteiger partial charge is 0.394 e. The third kappa shape index (κ3) is 5.26. The first-order chi connectivity index (χ1) is 9.11. The molecule has 1 heterocycles. The van der Waals surface area contributed by atoms with E-state index in [9.17, 15) is 15.3 Å². The van der Waals surface area contributed by atoms with E-state index in [4.69, 9.17) is 14.6 Å². The zero-order valence-corrected chi connectivity index (χ0v) is 12.4. The third-order valence-electron chi connectivity index (χ3n) is 3.16. The Morgan fingerprint density at radius 1 is 0.947 bits per heavy atom. The summed E-state index contributed by atoms with van der Waals surface area (Å²) in [5.41, 5.74) is 0. The normalized spacial score (nSPS) is 35.5. The number of aliphatic hydroxyl groups is 4. The summed E-state index contributed by atoms with van der Waals surface area (Å²) in [5, 5.41) is 38.9. The van der Waals surface area contributed by atoms with Crippen LogP contribution in [0.2, 0.25) is 0 Å². The zero-order valence-electron chi connectivity index (χ0n) is 10.8. The summed E-state index contributed by atoms with van der Waals surface area (Å²) in [6.07, 6.45) is -1.86. The highest BCUT2D eigenvalue weighted by Crippen LogP contribution is 2.22. The Hall–Kier alpha value is 0.240. The molecule has 6 nitrogen and oxygen atoms in total. The van der Waals surface area contributed by atoms with Crippen molar-refractivity contribution < 1.29 is 29.9 Å². The fraction of sp³-hybridized carbons (Fsp3) is 1.00. The number of ether oxygens (including phenoxy) is 2. The van der Waals surface area contributed by atoms with E-state index in [1.54, 1.807) is 0 Å². The minimum atomic E-state index is -1.37. The lowest BCUT2D eigenvalue weighted by molar-refractivity contribution is -0.301. The highest BCUT2D eigenvalue weighted by Gasteiger charge is 2.43. The number of halogens is 1. The lowest BCUT2D eigenvalue weighted by Gasteiger charge is -2.39. The number of alkyl halides is 1. The first-order valence-corrected chi connectivity index (χ1v) is 7.72. The predicted octanol–water partition coefficient (Wildman–Crippen LogP) is -0.242. The van der Waals surface area contributed by atoms with Crippen LogP contribution in [-0.2, 0) is 9.47 Å². The van der Waals surface area contributed by atoms with Crippen molar-refractivity contribution in [2.24, 2.45) is 0 Å². The highest BCUT2D eigenvalue weighted by atomic mass is 79.9. The molecule has 19 heavy (non-hydrogen) atoms. The van der Waals surface area contributed by atoms with Crippen LogP contribution in [0, 0.1) is 0 Å². The smallest absolute Gasteiger partial charge is 0.186 e. The van der Waals surface area contributed by atoms with Gasteiger partial charge in [0.2, 0.25) is 0 Å². The van der Waals surface area contributed by atoms with Crippen molar-refractivity contribution in [1.29, 1.82) is 0 Å². The van der Waals surface area contributed by atoms with Gasteiger partial charge in [0.05, 0.1) is 6.61 Å². The maximum Gasteiger partial charge on any atom is 0.186 e. The second-order valence-corrected chi connectivity index (χ2v) is 5.46. The molecule has 5 atom stereocenters. The second kappa shape index (κ2) is 9.23. The number of hydrogen-bond donors (Lipinski definition) is 4. The van der Waals surface area contributed by atoms with E-state index in [1.165, 1.54) is 0 Å². The third-order valence-corrected chi connectivity index (χ3v) is 3.72. The van der Waals surface area contributed by atoms with Crippen molar-refractivity contribution in [2.75, 3.05) is 18.5 Å². The summed E-state index contributed by atoms with van der Waals surface area (Å²) < 4.78 is 10.6. The van der Waals surface area contributed by atoms with E-state index in [2.05, 4.69) is 15.9 Å². The molecule has 114 valence electrons. The van der Waals surface area contributed by atoms with Crippen LogP contribution in [0.3, 0.4) is 0 Å². The molecule has 0 aromatic rings. The van der Waals surface area contributed by atoms with Crippen LogP contribution < -0.4 is 0 Å². The fourth-order valence-electron chi connectivity index (χ4n) is 1.95. The van der Waals surface area contributed by atoms with Gasteiger partial charge in [-0.25, -0.2) is 0 Å². The monoisotopic (exact) mass is 342 g/mol. The Morgan fingerprint density at radius 2 is 1.63 bits per heavy atom. The molecule has 0 unspecified atom stereocenters. The SMILES string of the molecule is OC[C@H]1O[C@@H](OCCCCCCBr)[C@H](O)[C@@H](O)[C@@H]1O. The Labute approximate surface area is 121 Å². The van der Waals surface area contributed by atoms with Gasteiger partial charge in [0.1, 0.15) is 24.4 Å². The quantitative estimate of drug-likeness (QED) is 0.359. The molecular weight excluding hydrogens is 320 g/mol. The highest BCUT2D eigenvalue weighted by molar-refractivity contribution is 9.09. The van der Waals surface area contributed by atoms with Crippen molar-refractivity contribution in [1.82, 2.24) is 0 Å². The van der Waals surface area contributed by atoms with E-state index in [0.717, 1.165) is 31.0 Å². The molecule has 0 amide bonds. The van der Waals surface area contributed by atoms with Crippen molar-refractivity contribution in [3.05, 3.63) is 0 Å². The van der Waals surface area contributed by atoms with Crippen LogP contribution in [-0.4, -0.2) is 69.7 Å². The molecule has 1 rings (SSSR count). The molecule has 7 heteroatoms. The van der Waals surface area contributed by atoms with E-state index in [0.29, 0.717) is 6.61 Å². The Balaban J connectivity index is 2.28. The number of rotatable bonds is 8. The summed E-state index contributed by atoms with van der Waals surface area (Å²) in [4.78, 5) is 0. The second-order valence-electron chi connectivity index (χ2n) is 4.67. The maximum atomic E-state index is 9.71. The molecular formula is C12H23BrO6. The number of hydrogen-bond acceptors (Lipinski definition) is 6. The molecule has 4 N–H and O–H groups in total. The van der Waals surface area contributed by atoms with Gasteiger partial charge in [0.25, 0.3) is 0 Å². The van der Waals surface area contributed by atoms with Gasteiger partial charge in [0.15, 0.2) is 6.29 Å². The van der Waals surface area contributed by atoms with Crippen LogP contribution in [0.4, 0.5) is 0 Å². The standard InChI is InChI=1S/C12H23BrO6/c13-5-3-1-2-4-6-18-12-11(17)10(16)9(15)8(7-14)19-12/h8-12,14-17H,1-7H2/t8-,9-,10+,11-,12-/m1/s1. The van der Waals surface area contributed by atoms with E-state index in [1.807, 2.05) is 0 Å².